The molecule has 0 aliphatic carbocycles. The van der Waals surface area contributed by atoms with Gasteiger partial charge in [-0.05, 0) is 61.7 Å². The van der Waals surface area contributed by atoms with E-state index >= 15 is 0 Å². The summed E-state index contributed by atoms with van der Waals surface area (Å²) in [5.41, 5.74) is 1.44. The van der Waals surface area contributed by atoms with Crippen molar-refractivity contribution in [1.82, 2.24) is 25.0 Å². The number of carbonyl (C=O) groups is 1. The molecule has 4 heterocycles. The van der Waals surface area contributed by atoms with Crippen molar-refractivity contribution >= 4 is 17.2 Å². The van der Waals surface area contributed by atoms with Crippen LogP contribution in [0, 0.1) is 5.41 Å². The summed E-state index contributed by atoms with van der Waals surface area (Å²) < 4.78 is 7.98. The number of amides is 1. The molecule has 8 heteroatoms. The molecule has 1 spiro atoms. The summed E-state index contributed by atoms with van der Waals surface area (Å²) in [5, 5.41) is 15.8. The van der Waals surface area contributed by atoms with Gasteiger partial charge < -0.3 is 14.6 Å². The van der Waals surface area contributed by atoms with Gasteiger partial charge >= 0.3 is 0 Å². The second kappa shape index (κ2) is 8.31. The van der Waals surface area contributed by atoms with Gasteiger partial charge in [-0.3, -0.25) is 9.69 Å². The van der Waals surface area contributed by atoms with Crippen LogP contribution in [-0.2, 0) is 24.4 Å². The third-order valence-electron chi connectivity index (χ3n) is 6.06. The lowest BCUT2D eigenvalue weighted by Crippen LogP contribution is -2.44. The fraction of sp³-hybridized carbons (Fsp3) is 0.650. The number of piperidine rings is 1. The normalized spacial score (nSPS) is 20.5. The van der Waals surface area contributed by atoms with E-state index in [2.05, 4.69) is 44.2 Å². The molecule has 0 radical (unpaired) electrons. The van der Waals surface area contributed by atoms with Crippen molar-refractivity contribution in [3.05, 3.63) is 34.0 Å². The number of hydrogen-bond acceptors (Lipinski definition) is 6. The van der Waals surface area contributed by atoms with E-state index < -0.39 is 0 Å². The lowest BCUT2D eigenvalue weighted by molar-refractivity contribution is -0.00568. The summed E-state index contributed by atoms with van der Waals surface area (Å²) >= 11 is 1.75. The standard InChI is InChI=1S/C20H29N5O2S/c1-3-15(2)21-19(26)18-23-22-17-11-27-14-20(13-25(17)18)5-7-24(8-6-20)10-16-4-9-28-12-16/h4,9,12,15H,3,5-8,10-11,13-14H2,1-2H3,(H,21,26)/t15-/m0/s1. The SMILES string of the molecule is CC[C@H](C)NC(=O)c1nnc2n1CC1(CCN(Cc3ccsc3)CC1)COC2. The van der Waals surface area contributed by atoms with Gasteiger partial charge in [0.2, 0.25) is 5.82 Å². The molecule has 1 N–H and O–H groups in total. The predicted molar refractivity (Wildman–Crippen MR) is 108 cm³/mol. The van der Waals surface area contributed by atoms with Crippen molar-refractivity contribution in [3.8, 4) is 0 Å². The van der Waals surface area contributed by atoms with Gasteiger partial charge in [0.05, 0.1) is 6.61 Å². The number of likely N-dealkylation sites (tertiary alicyclic amines) is 1. The van der Waals surface area contributed by atoms with E-state index in [4.69, 9.17) is 4.74 Å². The molecule has 2 aromatic rings. The lowest BCUT2D eigenvalue weighted by Gasteiger charge is -2.41. The molecule has 2 aliphatic heterocycles. The van der Waals surface area contributed by atoms with Crippen molar-refractivity contribution in [3.63, 3.8) is 0 Å². The van der Waals surface area contributed by atoms with Gasteiger partial charge in [-0.15, -0.1) is 10.2 Å². The number of nitrogens with zero attached hydrogens (tertiary/aromatic N) is 4. The molecule has 152 valence electrons. The summed E-state index contributed by atoms with van der Waals surface area (Å²) in [6.45, 7) is 9.06. The summed E-state index contributed by atoms with van der Waals surface area (Å²) in [7, 11) is 0. The average molecular weight is 404 g/mol. The van der Waals surface area contributed by atoms with Gasteiger partial charge in [0, 0.05) is 24.5 Å². The first kappa shape index (κ1) is 19.5. The van der Waals surface area contributed by atoms with Gasteiger partial charge in [-0.2, -0.15) is 11.3 Å². The molecule has 1 amide bonds. The third kappa shape index (κ3) is 4.14. The summed E-state index contributed by atoms with van der Waals surface area (Å²) in [6, 6.07) is 2.33. The fourth-order valence-electron chi connectivity index (χ4n) is 4.04. The molecule has 0 saturated carbocycles. The Bertz CT molecular complexity index is 796. The second-order valence-corrected chi connectivity index (χ2v) is 8.99. The molecular formula is C20H29N5O2S. The number of fused-ring (bicyclic) bond motifs is 1. The molecule has 0 unspecified atom stereocenters. The molecule has 2 aliphatic rings. The highest BCUT2D eigenvalue weighted by Crippen LogP contribution is 2.37. The quantitative estimate of drug-likeness (QED) is 0.831. The van der Waals surface area contributed by atoms with Crippen LogP contribution in [0.25, 0.3) is 0 Å². The van der Waals surface area contributed by atoms with Crippen LogP contribution in [0.3, 0.4) is 0 Å². The number of nitrogens with one attached hydrogen (secondary N) is 1. The maximum Gasteiger partial charge on any atom is 0.289 e. The number of rotatable bonds is 5. The molecule has 7 nitrogen and oxygen atoms in total. The third-order valence-corrected chi connectivity index (χ3v) is 6.79. The Morgan fingerprint density at radius 2 is 2.21 bits per heavy atom. The number of aromatic nitrogens is 3. The largest absolute Gasteiger partial charge is 0.373 e. The topological polar surface area (TPSA) is 72.3 Å². The summed E-state index contributed by atoms with van der Waals surface area (Å²) in [6.07, 6.45) is 3.00. The van der Waals surface area contributed by atoms with E-state index in [1.54, 1.807) is 11.3 Å². The Morgan fingerprint density at radius 1 is 1.39 bits per heavy atom. The molecular weight excluding hydrogens is 374 g/mol. The average Bonchev–Trinajstić information content (AvgIpc) is 3.30. The van der Waals surface area contributed by atoms with Crippen LogP contribution in [0.2, 0.25) is 0 Å². The van der Waals surface area contributed by atoms with Crippen molar-refractivity contribution in [2.24, 2.45) is 5.41 Å². The Kier molecular flexibility index (Phi) is 5.80. The first-order valence-corrected chi connectivity index (χ1v) is 11.1. The predicted octanol–water partition coefficient (Wildman–Crippen LogP) is 2.68. The van der Waals surface area contributed by atoms with Crippen LogP contribution >= 0.6 is 11.3 Å². The van der Waals surface area contributed by atoms with Crippen LogP contribution in [0.5, 0.6) is 0 Å². The van der Waals surface area contributed by atoms with Crippen molar-refractivity contribution in [2.45, 2.75) is 58.8 Å². The molecule has 4 rings (SSSR count). The zero-order valence-electron chi connectivity index (χ0n) is 16.7. The minimum Gasteiger partial charge on any atom is -0.373 e. The summed E-state index contributed by atoms with van der Waals surface area (Å²) in [4.78, 5) is 15.2. The van der Waals surface area contributed by atoms with E-state index in [1.807, 2.05) is 11.5 Å². The first-order valence-electron chi connectivity index (χ1n) is 10.1. The van der Waals surface area contributed by atoms with Crippen molar-refractivity contribution in [2.75, 3.05) is 19.7 Å². The highest BCUT2D eigenvalue weighted by atomic mass is 32.1. The van der Waals surface area contributed by atoms with Gasteiger partial charge in [0.25, 0.3) is 5.91 Å². The van der Waals surface area contributed by atoms with Gasteiger partial charge in [-0.1, -0.05) is 6.92 Å². The molecule has 0 aromatic carbocycles. The Labute approximate surface area is 170 Å². The number of hydrogen-bond donors (Lipinski definition) is 1. The maximum atomic E-state index is 12.7. The summed E-state index contributed by atoms with van der Waals surface area (Å²) in [5.74, 6) is 1.04. The Hall–Kier alpha value is -1.77. The van der Waals surface area contributed by atoms with Crippen molar-refractivity contribution < 1.29 is 9.53 Å². The van der Waals surface area contributed by atoms with Gasteiger partial charge in [0.1, 0.15) is 6.61 Å². The fourth-order valence-corrected chi connectivity index (χ4v) is 4.70. The van der Waals surface area contributed by atoms with Crippen LogP contribution in [0.1, 0.15) is 55.1 Å². The maximum absolute atomic E-state index is 12.7. The van der Waals surface area contributed by atoms with E-state index in [1.165, 1.54) is 5.56 Å². The second-order valence-electron chi connectivity index (χ2n) is 8.21. The first-order chi connectivity index (χ1) is 13.6. The number of ether oxygens (including phenoxy) is 1. The van der Waals surface area contributed by atoms with E-state index in [9.17, 15) is 4.79 Å². The van der Waals surface area contributed by atoms with Crippen LogP contribution < -0.4 is 5.32 Å². The van der Waals surface area contributed by atoms with E-state index in [0.717, 1.165) is 57.9 Å². The molecule has 1 fully saturated rings. The van der Waals surface area contributed by atoms with E-state index in [0.29, 0.717) is 12.4 Å². The van der Waals surface area contributed by atoms with Crippen molar-refractivity contribution in [1.29, 1.82) is 0 Å². The van der Waals surface area contributed by atoms with Crippen LogP contribution in [0.15, 0.2) is 16.8 Å². The number of thiophene rings is 1. The highest BCUT2D eigenvalue weighted by molar-refractivity contribution is 7.07. The Balaban J connectivity index is 1.46. The molecule has 1 atom stereocenters. The molecule has 2 aromatic heterocycles. The molecule has 0 bridgehead atoms. The smallest absolute Gasteiger partial charge is 0.289 e. The van der Waals surface area contributed by atoms with Gasteiger partial charge in [-0.25, -0.2) is 0 Å². The zero-order valence-corrected chi connectivity index (χ0v) is 17.5. The minimum atomic E-state index is -0.139. The molecule has 1 saturated heterocycles. The van der Waals surface area contributed by atoms with Crippen LogP contribution in [-0.4, -0.2) is 51.3 Å². The molecule has 28 heavy (non-hydrogen) atoms. The van der Waals surface area contributed by atoms with Gasteiger partial charge in [0.15, 0.2) is 5.82 Å². The van der Waals surface area contributed by atoms with Crippen LogP contribution in [0.4, 0.5) is 0 Å². The minimum absolute atomic E-state index is 0.0458. The lowest BCUT2D eigenvalue weighted by atomic mass is 9.78. The number of carbonyl (C=O) groups excluding carboxylic acids is 1. The van der Waals surface area contributed by atoms with E-state index in [-0.39, 0.29) is 17.4 Å². The Morgan fingerprint density at radius 3 is 2.93 bits per heavy atom. The highest BCUT2D eigenvalue weighted by Gasteiger charge is 2.39. The zero-order chi connectivity index (χ0) is 19.6. The monoisotopic (exact) mass is 403 g/mol.